The Balaban J connectivity index is 1.68. The first kappa shape index (κ1) is 20.3. The number of hydrogen-bond acceptors (Lipinski definition) is 3. The predicted octanol–water partition coefficient (Wildman–Crippen LogP) is 5.14. The van der Waals surface area contributed by atoms with Crippen molar-refractivity contribution in [1.82, 2.24) is 0 Å². The molecule has 6 heteroatoms. The number of benzene rings is 3. The molecule has 1 aliphatic rings. The lowest BCUT2D eigenvalue weighted by atomic mass is 9.83. The van der Waals surface area contributed by atoms with Crippen molar-refractivity contribution >= 4 is 11.4 Å². The van der Waals surface area contributed by atoms with Crippen molar-refractivity contribution in [3.8, 4) is 0 Å². The normalized spacial score (nSPS) is 20.1. The maximum atomic E-state index is 14.4. The largest absolute Gasteiger partial charge is 0.393 e. The van der Waals surface area contributed by atoms with E-state index < -0.39 is 23.8 Å². The van der Waals surface area contributed by atoms with Gasteiger partial charge < -0.3 is 15.3 Å². The number of halogens is 3. The Morgan fingerprint density at radius 2 is 1.60 bits per heavy atom. The minimum absolute atomic E-state index is 0.326. The van der Waals surface area contributed by atoms with Gasteiger partial charge in [-0.05, 0) is 48.4 Å². The molecule has 0 aliphatic carbocycles. The van der Waals surface area contributed by atoms with Gasteiger partial charge in [0.2, 0.25) is 0 Å². The first-order chi connectivity index (χ1) is 14.5. The highest BCUT2D eigenvalue weighted by Crippen LogP contribution is 2.36. The molecule has 0 aromatic heterocycles. The van der Waals surface area contributed by atoms with E-state index in [0.29, 0.717) is 30.8 Å². The third kappa shape index (κ3) is 4.28. The summed E-state index contributed by atoms with van der Waals surface area (Å²) >= 11 is 0. The van der Waals surface area contributed by atoms with Crippen LogP contribution < -0.4 is 10.2 Å². The van der Waals surface area contributed by atoms with Gasteiger partial charge in [0, 0.05) is 24.7 Å². The minimum atomic E-state index is -0.941. The van der Waals surface area contributed by atoms with E-state index in [0.717, 1.165) is 17.8 Å². The van der Waals surface area contributed by atoms with Crippen LogP contribution in [0.1, 0.15) is 18.0 Å². The molecule has 0 unspecified atom stereocenters. The zero-order chi connectivity index (χ0) is 21.1. The molecule has 156 valence electrons. The molecule has 3 aromatic rings. The van der Waals surface area contributed by atoms with Gasteiger partial charge in [-0.1, -0.05) is 36.4 Å². The monoisotopic (exact) mass is 412 g/mol. The molecule has 1 fully saturated rings. The topological polar surface area (TPSA) is 35.5 Å². The maximum Gasteiger partial charge on any atom is 0.159 e. The van der Waals surface area contributed by atoms with Crippen LogP contribution in [0.5, 0.6) is 0 Å². The van der Waals surface area contributed by atoms with Crippen LogP contribution >= 0.6 is 0 Å². The van der Waals surface area contributed by atoms with Gasteiger partial charge >= 0.3 is 0 Å². The second-order valence-corrected chi connectivity index (χ2v) is 7.58. The van der Waals surface area contributed by atoms with Crippen molar-refractivity contribution in [1.29, 1.82) is 0 Å². The predicted molar refractivity (Wildman–Crippen MR) is 112 cm³/mol. The van der Waals surface area contributed by atoms with Crippen LogP contribution in [0.2, 0.25) is 0 Å². The molecule has 4 rings (SSSR count). The zero-order valence-electron chi connectivity index (χ0n) is 16.3. The molecule has 0 amide bonds. The average molecular weight is 412 g/mol. The van der Waals surface area contributed by atoms with E-state index in [1.807, 2.05) is 35.2 Å². The zero-order valence-corrected chi connectivity index (χ0v) is 16.3. The molecule has 3 atom stereocenters. The summed E-state index contributed by atoms with van der Waals surface area (Å²) in [6.45, 7) is 0.875. The van der Waals surface area contributed by atoms with Gasteiger partial charge in [-0.3, -0.25) is 0 Å². The SMILES string of the molecule is O[C@@H]1CCN(c2ccccc2F)C[C@H]1[C@H](Nc1ccccc1)c1ccc(F)c(F)c1. The number of nitrogens with zero attached hydrogens (tertiary/aromatic N) is 1. The van der Waals surface area contributed by atoms with Crippen molar-refractivity contribution in [3.63, 3.8) is 0 Å². The molecule has 3 nitrogen and oxygen atoms in total. The highest BCUT2D eigenvalue weighted by molar-refractivity contribution is 5.50. The second-order valence-electron chi connectivity index (χ2n) is 7.58. The van der Waals surface area contributed by atoms with Gasteiger partial charge in [0.1, 0.15) is 5.82 Å². The van der Waals surface area contributed by atoms with Gasteiger partial charge in [0.15, 0.2) is 11.6 Å². The lowest BCUT2D eigenvalue weighted by Gasteiger charge is -2.42. The van der Waals surface area contributed by atoms with Crippen molar-refractivity contribution in [2.24, 2.45) is 5.92 Å². The number of para-hydroxylation sites is 2. The molecule has 30 heavy (non-hydrogen) atoms. The van der Waals surface area contributed by atoms with E-state index in [1.165, 1.54) is 12.1 Å². The third-order valence-corrected chi connectivity index (χ3v) is 5.64. The summed E-state index contributed by atoms with van der Waals surface area (Å²) in [6, 6.07) is 19.2. The van der Waals surface area contributed by atoms with Gasteiger partial charge in [-0.2, -0.15) is 0 Å². The maximum absolute atomic E-state index is 14.4. The van der Waals surface area contributed by atoms with Crippen LogP contribution in [0.4, 0.5) is 24.5 Å². The van der Waals surface area contributed by atoms with Crippen molar-refractivity contribution in [3.05, 3.63) is 95.8 Å². The van der Waals surface area contributed by atoms with E-state index in [9.17, 15) is 18.3 Å². The van der Waals surface area contributed by atoms with E-state index >= 15 is 0 Å². The Morgan fingerprint density at radius 1 is 0.867 bits per heavy atom. The lowest BCUT2D eigenvalue weighted by molar-refractivity contribution is 0.0773. The Bertz CT molecular complexity index is 999. The summed E-state index contributed by atoms with van der Waals surface area (Å²) in [6.07, 6.45) is -0.238. The highest BCUT2D eigenvalue weighted by atomic mass is 19.2. The number of hydrogen-bond donors (Lipinski definition) is 2. The molecule has 2 N–H and O–H groups in total. The Kier molecular flexibility index (Phi) is 5.95. The molecule has 3 aromatic carbocycles. The fraction of sp³-hybridized carbons (Fsp3) is 0.250. The van der Waals surface area contributed by atoms with Crippen LogP contribution in [0.25, 0.3) is 0 Å². The summed E-state index contributed by atoms with van der Waals surface area (Å²) in [5, 5.41) is 14.2. The fourth-order valence-electron chi connectivity index (χ4n) is 4.08. The summed E-state index contributed by atoms with van der Waals surface area (Å²) < 4.78 is 41.9. The van der Waals surface area contributed by atoms with Gasteiger partial charge in [-0.15, -0.1) is 0 Å². The molecule has 0 spiro atoms. The molecule has 1 heterocycles. The van der Waals surface area contributed by atoms with E-state index in [2.05, 4.69) is 5.32 Å². The summed E-state index contributed by atoms with van der Waals surface area (Å²) in [4.78, 5) is 1.90. The van der Waals surface area contributed by atoms with Crippen molar-refractivity contribution in [2.45, 2.75) is 18.6 Å². The highest BCUT2D eigenvalue weighted by Gasteiger charge is 2.36. The molecule has 0 bridgehead atoms. The van der Waals surface area contributed by atoms with Crippen molar-refractivity contribution < 1.29 is 18.3 Å². The standard InChI is InChI=1S/C24H23F3N2O/c25-19-11-10-16(14-21(19)27)24(28-17-6-2-1-3-7-17)18-15-29(13-12-23(18)30)22-9-5-4-8-20(22)26/h1-11,14,18,23-24,28,30H,12-13,15H2/t18-,23-,24-/m1/s1. The number of aliphatic hydroxyl groups is 1. The van der Waals surface area contributed by atoms with Crippen LogP contribution in [0.15, 0.2) is 72.8 Å². The molecular weight excluding hydrogens is 389 g/mol. The smallest absolute Gasteiger partial charge is 0.159 e. The Morgan fingerprint density at radius 3 is 2.33 bits per heavy atom. The second kappa shape index (κ2) is 8.79. The number of rotatable bonds is 5. The molecule has 0 radical (unpaired) electrons. The number of nitrogens with one attached hydrogen (secondary N) is 1. The number of piperidine rings is 1. The quantitative estimate of drug-likeness (QED) is 0.609. The van der Waals surface area contributed by atoms with E-state index in [1.54, 1.807) is 18.2 Å². The van der Waals surface area contributed by atoms with Gasteiger partial charge in [0.25, 0.3) is 0 Å². The average Bonchev–Trinajstić information content (AvgIpc) is 2.76. The molecule has 1 aliphatic heterocycles. The molecular formula is C24H23F3N2O. The molecule has 1 saturated heterocycles. The van der Waals surface area contributed by atoms with E-state index in [-0.39, 0.29) is 11.7 Å². The first-order valence-electron chi connectivity index (χ1n) is 9.97. The van der Waals surface area contributed by atoms with Gasteiger partial charge in [0.05, 0.1) is 17.8 Å². The lowest BCUT2D eigenvalue weighted by Crippen LogP contribution is -2.47. The van der Waals surface area contributed by atoms with Gasteiger partial charge in [-0.25, -0.2) is 13.2 Å². The van der Waals surface area contributed by atoms with Crippen LogP contribution in [0, 0.1) is 23.4 Å². The van der Waals surface area contributed by atoms with Crippen LogP contribution in [0.3, 0.4) is 0 Å². The van der Waals surface area contributed by atoms with E-state index in [4.69, 9.17) is 0 Å². The third-order valence-electron chi connectivity index (χ3n) is 5.64. The number of anilines is 2. The molecule has 0 saturated carbocycles. The summed E-state index contributed by atoms with van der Waals surface area (Å²) in [7, 11) is 0. The fourth-order valence-corrected chi connectivity index (χ4v) is 4.08. The minimum Gasteiger partial charge on any atom is -0.393 e. The summed E-state index contributed by atoms with van der Waals surface area (Å²) in [5.41, 5.74) is 1.79. The Hall–Kier alpha value is -2.99. The van der Waals surface area contributed by atoms with Crippen LogP contribution in [-0.2, 0) is 0 Å². The summed E-state index contributed by atoms with van der Waals surface area (Å²) in [5.74, 6) is -2.56. The first-order valence-corrected chi connectivity index (χ1v) is 9.97. The number of aliphatic hydroxyl groups excluding tert-OH is 1. The van der Waals surface area contributed by atoms with Crippen molar-refractivity contribution in [2.75, 3.05) is 23.3 Å². The Labute approximate surface area is 173 Å². The van der Waals surface area contributed by atoms with Crippen LogP contribution in [-0.4, -0.2) is 24.3 Å².